The van der Waals surface area contributed by atoms with Crippen LogP contribution in [-0.2, 0) is 0 Å². The van der Waals surface area contributed by atoms with Gasteiger partial charge < -0.3 is 0 Å². The van der Waals surface area contributed by atoms with Crippen LogP contribution in [0.3, 0.4) is 0 Å². The zero-order chi connectivity index (χ0) is 48.2. The molecule has 0 amide bonds. The van der Waals surface area contributed by atoms with Gasteiger partial charge in [0.2, 0.25) is 0 Å². The predicted molar refractivity (Wildman–Crippen MR) is 292 cm³/mol. The van der Waals surface area contributed by atoms with Gasteiger partial charge >= 0.3 is 0 Å². The Morgan fingerprint density at radius 2 is 0.658 bits per heavy atom. The molecule has 7 aromatic carbocycles. The summed E-state index contributed by atoms with van der Waals surface area (Å²) >= 11 is 0. The molecule has 14 rings (SSSR count). The van der Waals surface area contributed by atoms with Crippen LogP contribution in [0.25, 0.3) is 140 Å². The second kappa shape index (κ2) is 17.3. The van der Waals surface area contributed by atoms with E-state index in [2.05, 4.69) is 114 Å². The third kappa shape index (κ3) is 7.40. The molecule has 0 radical (unpaired) electrons. The number of benzene rings is 7. The van der Waals surface area contributed by atoms with E-state index < -0.39 is 0 Å². The van der Waals surface area contributed by atoms with Gasteiger partial charge in [-0.3, -0.25) is 24.5 Å². The number of para-hydroxylation sites is 7. The Bertz CT molecular complexity index is 4030. The maximum absolute atomic E-state index is 5.47. The third-order valence-corrected chi connectivity index (χ3v) is 13.4. The predicted octanol–water partition coefficient (Wildman–Crippen LogP) is 14.5. The van der Waals surface area contributed by atoms with Crippen molar-refractivity contribution >= 4 is 54.6 Å². The summed E-state index contributed by atoms with van der Waals surface area (Å²) in [6, 6.07) is 69.9. The lowest BCUT2D eigenvalue weighted by Gasteiger charge is -2.15. The van der Waals surface area contributed by atoms with Crippen molar-refractivity contribution < 1.29 is 0 Å². The van der Waals surface area contributed by atoms with Crippen molar-refractivity contribution in [3.05, 3.63) is 231 Å². The molecule has 0 unspecified atom stereocenters. The quantitative estimate of drug-likeness (QED) is 0.147. The van der Waals surface area contributed by atoms with Crippen LogP contribution in [0.4, 0.5) is 0 Å². The van der Waals surface area contributed by atoms with Crippen molar-refractivity contribution in [2.75, 3.05) is 0 Å². The van der Waals surface area contributed by atoms with Gasteiger partial charge in [-0.15, -0.1) is 0 Å². The van der Waals surface area contributed by atoms with Gasteiger partial charge in [0.25, 0.3) is 0 Å². The summed E-state index contributed by atoms with van der Waals surface area (Å²) in [5.74, 6) is 1.72. The van der Waals surface area contributed by atoms with Crippen LogP contribution in [0.5, 0.6) is 0 Å². The fourth-order valence-electron chi connectivity index (χ4n) is 10.0. The van der Waals surface area contributed by atoms with Crippen LogP contribution >= 0.6 is 0 Å². The van der Waals surface area contributed by atoms with Crippen molar-refractivity contribution in [2.24, 2.45) is 0 Å². The number of pyridine rings is 4. The average Bonchev–Trinajstić information content (AvgIpc) is 3.86. The Morgan fingerprint density at radius 3 is 1.08 bits per heavy atom. The Kier molecular flexibility index (Phi) is 9.92. The lowest BCUT2D eigenvalue weighted by Crippen LogP contribution is -2.02. The van der Waals surface area contributed by atoms with E-state index in [1.165, 1.54) is 0 Å². The summed E-state index contributed by atoms with van der Waals surface area (Å²) < 4.78 is 2.21. The molecule has 0 fully saturated rings. The zero-order valence-electron chi connectivity index (χ0n) is 38.9. The minimum atomic E-state index is 0.492. The number of nitrogens with zero attached hydrogens (tertiary/aromatic N) is 10. The molecular weight excluding hydrogens is 897 g/mol. The van der Waals surface area contributed by atoms with E-state index in [1.807, 2.05) is 122 Å². The summed E-state index contributed by atoms with van der Waals surface area (Å²) in [5, 5.41) is 4.03. The largest absolute Gasteiger partial charge is 0.292 e. The van der Waals surface area contributed by atoms with Gasteiger partial charge in [-0.25, -0.2) is 24.9 Å². The number of hydrogen-bond donors (Lipinski definition) is 0. The first-order chi connectivity index (χ1) is 36.2. The van der Waals surface area contributed by atoms with Crippen molar-refractivity contribution in [3.8, 4) is 84.9 Å². The molecule has 10 heteroatoms. The lowest BCUT2D eigenvalue weighted by molar-refractivity contribution is 1.10. The van der Waals surface area contributed by atoms with E-state index in [9.17, 15) is 0 Å². The highest BCUT2D eigenvalue weighted by molar-refractivity contribution is 5.99. The first-order valence-electron chi connectivity index (χ1n) is 24.0. The smallest absolute Gasteiger partial charge is 0.160 e. The van der Waals surface area contributed by atoms with Crippen LogP contribution in [0, 0.1) is 0 Å². The molecule has 7 heterocycles. The molecule has 0 saturated carbocycles. The van der Waals surface area contributed by atoms with Gasteiger partial charge in [0.1, 0.15) is 5.82 Å². The Hall–Kier alpha value is -10.2. The van der Waals surface area contributed by atoms with Gasteiger partial charge in [0, 0.05) is 91.0 Å². The van der Waals surface area contributed by atoms with Crippen molar-refractivity contribution in [2.45, 2.75) is 0 Å². The highest BCUT2D eigenvalue weighted by atomic mass is 15.1. The van der Waals surface area contributed by atoms with Crippen LogP contribution in [0.15, 0.2) is 231 Å². The Balaban J connectivity index is 1.08. The Labute approximate surface area is 418 Å². The standard InChI is InChI=1S/C63H38N10/c1-2-22-46(23-3-1)73-56-29-5-4-28-51(56)72-63(73)45-35-43(61-68-52(47-24-6-14-39-18-10-30-64-57(39)47)37-53(69-61)48-25-7-15-40-19-11-31-65-58(40)48)34-44(36-45)62-70-54(49-26-8-16-41-20-12-32-66-59(41)49)38-55(71-62)50-27-9-17-42-21-13-33-67-60(42)50/h1-38H. The third-order valence-electron chi connectivity index (χ3n) is 13.4. The highest BCUT2D eigenvalue weighted by Crippen LogP contribution is 2.39. The lowest BCUT2D eigenvalue weighted by atomic mass is 10.00. The van der Waals surface area contributed by atoms with E-state index in [0.717, 1.165) is 105 Å². The molecule has 0 atom stereocenters. The first kappa shape index (κ1) is 41.8. The van der Waals surface area contributed by atoms with Crippen LogP contribution in [0.2, 0.25) is 0 Å². The minimum Gasteiger partial charge on any atom is -0.292 e. The molecule has 14 aromatic rings. The number of rotatable bonds is 8. The van der Waals surface area contributed by atoms with Crippen LogP contribution < -0.4 is 0 Å². The second-order valence-corrected chi connectivity index (χ2v) is 17.8. The summed E-state index contributed by atoms with van der Waals surface area (Å²) in [6.07, 6.45) is 7.29. The monoisotopic (exact) mass is 934 g/mol. The number of hydrogen-bond acceptors (Lipinski definition) is 9. The molecule has 7 aromatic heterocycles. The minimum absolute atomic E-state index is 0.492. The molecule has 73 heavy (non-hydrogen) atoms. The molecule has 340 valence electrons. The van der Waals surface area contributed by atoms with E-state index in [1.54, 1.807) is 0 Å². The molecule has 0 aliphatic carbocycles. The van der Waals surface area contributed by atoms with E-state index in [0.29, 0.717) is 34.4 Å². The van der Waals surface area contributed by atoms with Gasteiger partial charge in [-0.05, 0) is 78.9 Å². The summed E-state index contributed by atoms with van der Waals surface area (Å²) in [6.45, 7) is 0. The molecule has 0 saturated heterocycles. The van der Waals surface area contributed by atoms with Gasteiger partial charge in [-0.2, -0.15) is 0 Å². The molecule has 10 nitrogen and oxygen atoms in total. The average molecular weight is 935 g/mol. The molecule has 0 aliphatic rings. The molecule has 0 bridgehead atoms. The maximum Gasteiger partial charge on any atom is 0.160 e. The maximum atomic E-state index is 5.47. The SMILES string of the molecule is c1ccc(-n2c(-c3cc(-c4nc(-c5cccc6cccnc56)cc(-c5cccc6cccnc56)n4)cc(-c4nc(-c5cccc6cccnc56)cc(-c5cccc6cccnc56)n4)c3)nc3ccccc32)cc1. The van der Waals surface area contributed by atoms with Crippen LogP contribution in [0.1, 0.15) is 0 Å². The molecule has 0 N–H and O–H groups in total. The summed E-state index contributed by atoms with van der Waals surface area (Å²) in [7, 11) is 0. The number of imidazole rings is 1. The molecule has 0 aliphatic heterocycles. The van der Waals surface area contributed by atoms with Gasteiger partial charge in [0.15, 0.2) is 11.6 Å². The summed E-state index contributed by atoms with van der Waals surface area (Å²) in [4.78, 5) is 46.7. The number of aromatic nitrogens is 10. The van der Waals surface area contributed by atoms with Crippen molar-refractivity contribution in [1.29, 1.82) is 0 Å². The summed E-state index contributed by atoms with van der Waals surface area (Å²) in [5.41, 5.74) is 14.8. The van der Waals surface area contributed by atoms with E-state index in [4.69, 9.17) is 44.9 Å². The second-order valence-electron chi connectivity index (χ2n) is 17.8. The fourth-order valence-corrected chi connectivity index (χ4v) is 10.0. The van der Waals surface area contributed by atoms with E-state index in [-0.39, 0.29) is 0 Å². The molecule has 0 spiro atoms. The first-order valence-corrected chi connectivity index (χ1v) is 24.0. The fraction of sp³-hybridized carbons (Fsp3) is 0. The topological polar surface area (TPSA) is 121 Å². The van der Waals surface area contributed by atoms with Crippen molar-refractivity contribution in [3.63, 3.8) is 0 Å². The van der Waals surface area contributed by atoms with E-state index >= 15 is 0 Å². The normalized spacial score (nSPS) is 11.6. The van der Waals surface area contributed by atoms with Crippen molar-refractivity contribution in [1.82, 2.24) is 49.4 Å². The zero-order valence-corrected chi connectivity index (χ0v) is 38.9. The molecular formula is C63H38N10. The van der Waals surface area contributed by atoms with Gasteiger partial charge in [-0.1, -0.05) is 127 Å². The van der Waals surface area contributed by atoms with Crippen LogP contribution in [-0.4, -0.2) is 49.4 Å². The highest BCUT2D eigenvalue weighted by Gasteiger charge is 2.22. The Morgan fingerprint density at radius 1 is 0.288 bits per heavy atom. The van der Waals surface area contributed by atoms with Gasteiger partial charge in [0.05, 0.1) is 55.9 Å². The number of fused-ring (bicyclic) bond motifs is 5.